The van der Waals surface area contributed by atoms with Crippen molar-refractivity contribution in [1.29, 1.82) is 0 Å². The Morgan fingerprint density at radius 2 is 2.25 bits per heavy atom. The molecule has 0 aliphatic rings. The molecule has 1 unspecified atom stereocenters. The van der Waals surface area contributed by atoms with Crippen molar-refractivity contribution < 1.29 is 4.79 Å². The molecule has 20 heavy (non-hydrogen) atoms. The van der Waals surface area contributed by atoms with Crippen molar-refractivity contribution in [2.45, 2.75) is 25.8 Å². The molecular weight excluding hydrogens is 272 g/mol. The number of rotatable bonds is 6. The van der Waals surface area contributed by atoms with E-state index in [1.54, 1.807) is 24.6 Å². The van der Waals surface area contributed by atoms with E-state index in [4.69, 9.17) is 0 Å². The van der Waals surface area contributed by atoms with Gasteiger partial charge in [0.1, 0.15) is 11.5 Å². The summed E-state index contributed by atoms with van der Waals surface area (Å²) in [5.74, 6) is 0.455. The molecule has 5 nitrogen and oxygen atoms in total. The Bertz CT molecular complexity index is 539. The Kier molecular flexibility index (Phi) is 5.06. The van der Waals surface area contributed by atoms with Crippen molar-refractivity contribution in [3.05, 3.63) is 40.5 Å². The molecule has 0 radical (unpaired) electrons. The molecule has 0 fully saturated rings. The Labute approximate surface area is 122 Å². The monoisotopic (exact) mass is 290 g/mol. The molecule has 0 spiro atoms. The zero-order chi connectivity index (χ0) is 14.4. The van der Waals surface area contributed by atoms with E-state index < -0.39 is 0 Å². The van der Waals surface area contributed by atoms with Crippen LogP contribution in [-0.2, 0) is 0 Å². The van der Waals surface area contributed by atoms with E-state index in [9.17, 15) is 4.79 Å². The summed E-state index contributed by atoms with van der Waals surface area (Å²) >= 11 is 1.65. The number of carbonyl (C=O) groups is 1. The number of amides is 1. The number of aromatic nitrogens is 2. The molecule has 106 valence electrons. The number of carbonyl (C=O) groups excluding carboxylic acids is 1. The van der Waals surface area contributed by atoms with Gasteiger partial charge < -0.3 is 10.6 Å². The lowest BCUT2D eigenvalue weighted by Gasteiger charge is -2.16. The molecule has 0 bridgehead atoms. The smallest absolute Gasteiger partial charge is 0.271 e. The maximum Gasteiger partial charge on any atom is 0.271 e. The third kappa shape index (κ3) is 3.54. The zero-order valence-corrected chi connectivity index (χ0v) is 12.4. The molecule has 2 N–H and O–H groups in total. The lowest BCUT2D eigenvalue weighted by Crippen LogP contribution is -2.28. The van der Waals surface area contributed by atoms with Crippen LogP contribution in [0.3, 0.4) is 0 Å². The Hall–Kier alpha value is -1.95. The van der Waals surface area contributed by atoms with Crippen molar-refractivity contribution in [2.24, 2.45) is 0 Å². The van der Waals surface area contributed by atoms with Gasteiger partial charge in [-0.15, -0.1) is 11.3 Å². The first-order valence-electron chi connectivity index (χ1n) is 6.58. The number of nitrogens with zero attached hydrogens (tertiary/aromatic N) is 2. The Morgan fingerprint density at radius 1 is 1.40 bits per heavy atom. The maximum absolute atomic E-state index is 12.2. The molecule has 1 amide bonds. The molecule has 0 saturated heterocycles. The molecule has 2 heterocycles. The highest BCUT2D eigenvalue weighted by molar-refractivity contribution is 7.10. The fourth-order valence-corrected chi connectivity index (χ4v) is 2.68. The summed E-state index contributed by atoms with van der Waals surface area (Å²) in [7, 11) is 1.76. The minimum absolute atomic E-state index is 0.0401. The number of hydrogen-bond acceptors (Lipinski definition) is 5. The molecule has 1 atom stereocenters. The normalized spacial score (nSPS) is 11.9. The van der Waals surface area contributed by atoms with Crippen molar-refractivity contribution in [3.8, 4) is 0 Å². The van der Waals surface area contributed by atoms with Gasteiger partial charge in [-0.1, -0.05) is 19.4 Å². The van der Waals surface area contributed by atoms with Crippen LogP contribution in [0.4, 0.5) is 5.82 Å². The number of anilines is 1. The number of hydrogen-bond donors (Lipinski definition) is 2. The number of thiophene rings is 1. The van der Waals surface area contributed by atoms with E-state index in [-0.39, 0.29) is 11.9 Å². The fraction of sp³-hybridized carbons (Fsp3) is 0.357. The van der Waals surface area contributed by atoms with E-state index in [1.165, 1.54) is 11.1 Å². The average molecular weight is 290 g/mol. The summed E-state index contributed by atoms with van der Waals surface area (Å²) in [6.07, 6.45) is 4.95. The van der Waals surface area contributed by atoms with Crippen LogP contribution in [-0.4, -0.2) is 22.9 Å². The summed E-state index contributed by atoms with van der Waals surface area (Å²) in [6.45, 7) is 2.11. The van der Waals surface area contributed by atoms with Crippen LogP contribution in [0.1, 0.15) is 41.2 Å². The van der Waals surface area contributed by atoms with Gasteiger partial charge in [0.15, 0.2) is 0 Å². The largest absolute Gasteiger partial charge is 0.372 e. The minimum atomic E-state index is -0.188. The lowest BCUT2D eigenvalue weighted by molar-refractivity contribution is 0.0930. The predicted octanol–water partition coefficient (Wildman–Crippen LogP) is 2.85. The van der Waals surface area contributed by atoms with Crippen LogP contribution in [0.25, 0.3) is 0 Å². The summed E-state index contributed by atoms with van der Waals surface area (Å²) in [5.41, 5.74) is 0.335. The van der Waals surface area contributed by atoms with Crippen LogP contribution in [0.5, 0.6) is 0 Å². The van der Waals surface area contributed by atoms with Gasteiger partial charge in [0.05, 0.1) is 18.4 Å². The third-order valence-corrected chi connectivity index (χ3v) is 3.90. The fourth-order valence-electron chi connectivity index (χ4n) is 1.87. The van der Waals surface area contributed by atoms with Crippen molar-refractivity contribution in [2.75, 3.05) is 12.4 Å². The highest BCUT2D eigenvalue weighted by Gasteiger charge is 2.16. The molecule has 2 aromatic heterocycles. The van der Waals surface area contributed by atoms with Gasteiger partial charge in [0.2, 0.25) is 0 Å². The number of nitrogens with one attached hydrogen (secondary N) is 2. The Balaban J connectivity index is 2.07. The highest BCUT2D eigenvalue weighted by atomic mass is 32.1. The summed E-state index contributed by atoms with van der Waals surface area (Å²) in [5, 5.41) is 7.92. The Morgan fingerprint density at radius 3 is 2.80 bits per heavy atom. The average Bonchev–Trinajstić information content (AvgIpc) is 3.01. The van der Waals surface area contributed by atoms with Gasteiger partial charge in [-0.2, -0.15) is 0 Å². The van der Waals surface area contributed by atoms with Crippen LogP contribution in [0.15, 0.2) is 29.9 Å². The van der Waals surface area contributed by atoms with Gasteiger partial charge in [-0.25, -0.2) is 9.97 Å². The van der Waals surface area contributed by atoms with Crippen molar-refractivity contribution in [1.82, 2.24) is 15.3 Å². The second-order valence-corrected chi connectivity index (χ2v) is 5.35. The first-order valence-corrected chi connectivity index (χ1v) is 7.46. The van der Waals surface area contributed by atoms with Crippen LogP contribution in [0.2, 0.25) is 0 Å². The van der Waals surface area contributed by atoms with Crippen LogP contribution < -0.4 is 10.6 Å². The first kappa shape index (κ1) is 14.5. The summed E-state index contributed by atoms with van der Waals surface area (Å²) < 4.78 is 0. The molecule has 2 rings (SSSR count). The van der Waals surface area contributed by atoms with E-state index >= 15 is 0 Å². The van der Waals surface area contributed by atoms with E-state index in [0.717, 1.165) is 12.8 Å². The summed E-state index contributed by atoms with van der Waals surface area (Å²) in [4.78, 5) is 21.6. The van der Waals surface area contributed by atoms with Crippen molar-refractivity contribution in [3.63, 3.8) is 0 Å². The van der Waals surface area contributed by atoms with Crippen LogP contribution in [0, 0.1) is 0 Å². The predicted molar refractivity (Wildman–Crippen MR) is 81.0 cm³/mol. The zero-order valence-electron chi connectivity index (χ0n) is 11.6. The van der Waals surface area contributed by atoms with E-state index in [2.05, 4.69) is 27.5 Å². The maximum atomic E-state index is 12.2. The molecule has 6 heteroatoms. The molecule has 0 aromatic carbocycles. The second-order valence-electron chi connectivity index (χ2n) is 4.37. The quantitative estimate of drug-likeness (QED) is 0.858. The highest BCUT2D eigenvalue weighted by Crippen LogP contribution is 2.23. The second kappa shape index (κ2) is 7.00. The molecule has 2 aromatic rings. The van der Waals surface area contributed by atoms with E-state index in [1.807, 2.05) is 17.5 Å². The van der Waals surface area contributed by atoms with Crippen LogP contribution >= 0.6 is 11.3 Å². The summed E-state index contributed by atoms with van der Waals surface area (Å²) in [6, 6.07) is 4.08. The van der Waals surface area contributed by atoms with Gasteiger partial charge in [-0.05, 0) is 17.9 Å². The van der Waals surface area contributed by atoms with E-state index in [0.29, 0.717) is 11.5 Å². The molecule has 0 saturated carbocycles. The molecule has 0 aliphatic carbocycles. The van der Waals surface area contributed by atoms with Crippen molar-refractivity contribution >= 4 is 23.1 Å². The van der Waals surface area contributed by atoms with Gasteiger partial charge in [0.25, 0.3) is 5.91 Å². The third-order valence-electron chi connectivity index (χ3n) is 2.91. The van der Waals surface area contributed by atoms with Gasteiger partial charge in [-0.3, -0.25) is 4.79 Å². The standard InChI is InChI=1S/C14H18N4OS/c1-3-5-10(12-6-4-7-20-12)18-14(19)11-8-17-13(15-2)9-16-11/h4,6-10H,3,5H2,1-2H3,(H,15,17)(H,18,19). The minimum Gasteiger partial charge on any atom is -0.372 e. The SMILES string of the molecule is CCCC(NC(=O)c1cnc(NC)cn1)c1cccs1. The molecule has 0 aliphatic heterocycles. The lowest BCUT2D eigenvalue weighted by atomic mass is 10.1. The molecular formula is C14H18N4OS. The van der Waals surface area contributed by atoms with Gasteiger partial charge in [0, 0.05) is 11.9 Å². The van der Waals surface area contributed by atoms with Gasteiger partial charge >= 0.3 is 0 Å². The first-order chi connectivity index (χ1) is 9.74. The topological polar surface area (TPSA) is 66.9 Å².